The number of anilines is 2. The Kier molecular flexibility index (Phi) is 6.35. The molecule has 2 amide bonds. The number of nitrogens with one attached hydrogen (secondary N) is 1. The fraction of sp³-hybridized carbons (Fsp3) is 0.458. The molecule has 1 unspecified atom stereocenters. The van der Waals surface area contributed by atoms with Crippen LogP contribution in [0.5, 0.6) is 0 Å². The van der Waals surface area contributed by atoms with Crippen molar-refractivity contribution in [3.05, 3.63) is 60.2 Å². The SMILES string of the molecule is CC1CN(Cc2ccccc2)CCN1C(=O)Nc1cccc(N2CCCCC2)c1. The lowest BCUT2D eigenvalue weighted by Gasteiger charge is -2.39. The average molecular weight is 393 g/mol. The summed E-state index contributed by atoms with van der Waals surface area (Å²) in [5.74, 6) is 0. The molecule has 154 valence electrons. The molecule has 0 aromatic heterocycles. The van der Waals surface area contributed by atoms with Gasteiger partial charge in [-0.2, -0.15) is 0 Å². The van der Waals surface area contributed by atoms with Gasteiger partial charge >= 0.3 is 6.03 Å². The molecule has 29 heavy (non-hydrogen) atoms. The summed E-state index contributed by atoms with van der Waals surface area (Å²) in [6.45, 7) is 7.86. The van der Waals surface area contributed by atoms with Crippen LogP contribution < -0.4 is 10.2 Å². The summed E-state index contributed by atoms with van der Waals surface area (Å²) in [7, 11) is 0. The van der Waals surface area contributed by atoms with E-state index in [0.29, 0.717) is 0 Å². The Morgan fingerprint density at radius 1 is 0.966 bits per heavy atom. The highest BCUT2D eigenvalue weighted by Crippen LogP contribution is 2.23. The number of piperidine rings is 1. The highest BCUT2D eigenvalue weighted by molar-refractivity contribution is 5.90. The van der Waals surface area contributed by atoms with Gasteiger partial charge in [0.1, 0.15) is 0 Å². The highest BCUT2D eigenvalue weighted by Gasteiger charge is 2.27. The van der Waals surface area contributed by atoms with Crippen molar-refractivity contribution >= 4 is 17.4 Å². The molecule has 0 aliphatic carbocycles. The van der Waals surface area contributed by atoms with Gasteiger partial charge in [0, 0.05) is 56.7 Å². The summed E-state index contributed by atoms with van der Waals surface area (Å²) in [6, 6.07) is 19.0. The van der Waals surface area contributed by atoms with Crippen molar-refractivity contribution in [2.24, 2.45) is 0 Å². The molecule has 2 heterocycles. The predicted molar refractivity (Wildman–Crippen MR) is 119 cm³/mol. The summed E-state index contributed by atoms with van der Waals surface area (Å²) in [4.78, 5) is 19.7. The highest BCUT2D eigenvalue weighted by atomic mass is 16.2. The van der Waals surface area contributed by atoms with Gasteiger partial charge in [0.15, 0.2) is 0 Å². The summed E-state index contributed by atoms with van der Waals surface area (Å²) in [5.41, 5.74) is 3.42. The standard InChI is InChI=1S/C24H32N4O/c1-20-18-26(19-21-9-4-2-5-10-21)15-16-28(20)24(29)25-22-11-8-12-23(17-22)27-13-6-3-7-14-27/h2,4-5,8-12,17,20H,3,6-7,13-16,18-19H2,1H3,(H,25,29). The Hall–Kier alpha value is -2.53. The van der Waals surface area contributed by atoms with Crippen molar-refractivity contribution in [1.82, 2.24) is 9.80 Å². The molecule has 2 aliphatic heterocycles. The molecule has 1 N–H and O–H groups in total. The maximum absolute atomic E-state index is 12.9. The maximum atomic E-state index is 12.9. The van der Waals surface area contributed by atoms with E-state index in [0.717, 1.165) is 45.0 Å². The number of piperazine rings is 1. The fourth-order valence-electron chi connectivity index (χ4n) is 4.45. The lowest BCUT2D eigenvalue weighted by molar-refractivity contribution is 0.104. The first kappa shape index (κ1) is 19.8. The van der Waals surface area contributed by atoms with E-state index in [1.54, 1.807) is 0 Å². The van der Waals surface area contributed by atoms with Gasteiger partial charge < -0.3 is 15.1 Å². The molecule has 2 saturated heterocycles. The van der Waals surface area contributed by atoms with Gasteiger partial charge in [-0.15, -0.1) is 0 Å². The van der Waals surface area contributed by atoms with Gasteiger partial charge in [-0.3, -0.25) is 4.90 Å². The molecule has 0 spiro atoms. The summed E-state index contributed by atoms with van der Waals surface area (Å²) >= 11 is 0. The lowest BCUT2D eigenvalue weighted by Crippen LogP contribution is -2.54. The monoisotopic (exact) mass is 392 g/mol. The first-order valence-electron chi connectivity index (χ1n) is 10.9. The fourth-order valence-corrected chi connectivity index (χ4v) is 4.45. The zero-order valence-corrected chi connectivity index (χ0v) is 17.4. The molecule has 2 aromatic rings. The van der Waals surface area contributed by atoms with Crippen LogP contribution in [0.2, 0.25) is 0 Å². The molecule has 2 fully saturated rings. The number of carbonyl (C=O) groups is 1. The van der Waals surface area contributed by atoms with E-state index in [4.69, 9.17) is 0 Å². The molecule has 2 aliphatic rings. The Balaban J connectivity index is 1.33. The van der Waals surface area contributed by atoms with Crippen LogP contribution in [0.3, 0.4) is 0 Å². The summed E-state index contributed by atoms with van der Waals surface area (Å²) in [6.07, 6.45) is 3.82. The van der Waals surface area contributed by atoms with E-state index in [-0.39, 0.29) is 12.1 Å². The molecule has 5 heteroatoms. The normalized spacial score (nSPS) is 20.5. The molecule has 0 saturated carbocycles. The second-order valence-electron chi connectivity index (χ2n) is 8.29. The predicted octanol–water partition coefficient (Wildman–Crippen LogP) is 4.42. The van der Waals surface area contributed by atoms with Crippen LogP contribution in [0.1, 0.15) is 31.7 Å². The van der Waals surface area contributed by atoms with E-state index in [2.05, 4.69) is 64.5 Å². The topological polar surface area (TPSA) is 38.8 Å². The van der Waals surface area contributed by atoms with Crippen molar-refractivity contribution in [3.8, 4) is 0 Å². The zero-order chi connectivity index (χ0) is 20.1. The number of benzene rings is 2. The van der Waals surface area contributed by atoms with Crippen LogP contribution >= 0.6 is 0 Å². The van der Waals surface area contributed by atoms with E-state index in [1.165, 1.54) is 30.5 Å². The van der Waals surface area contributed by atoms with Gasteiger partial charge in [0.2, 0.25) is 0 Å². The van der Waals surface area contributed by atoms with E-state index in [1.807, 2.05) is 17.0 Å². The van der Waals surface area contributed by atoms with Crippen LogP contribution in [0.15, 0.2) is 54.6 Å². The number of nitrogens with zero attached hydrogens (tertiary/aromatic N) is 3. The summed E-state index contributed by atoms with van der Waals surface area (Å²) < 4.78 is 0. The molecule has 1 atom stereocenters. The van der Waals surface area contributed by atoms with Crippen molar-refractivity contribution in [3.63, 3.8) is 0 Å². The second kappa shape index (κ2) is 9.31. The van der Waals surface area contributed by atoms with Crippen molar-refractivity contribution < 1.29 is 4.79 Å². The van der Waals surface area contributed by atoms with Crippen LogP contribution in [0, 0.1) is 0 Å². The molecule has 0 bridgehead atoms. The first-order valence-corrected chi connectivity index (χ1v) is 10.9. The van der Waals surface area contributed by atoms with E-state index >= 15 is 0 Å². The number of rotatable bonds is 4. The van der Waals surface area contributed by atoms with Gasteiger partial charge in [-0.05, 0) is 49.9 Å². The average Bonchev–Trinajstić information content (AvgIpc) is 2.75. The van der Waals surface area contributed by atoms with Crippen molar-refractivity contribution in [1.29, 1.82) is 0 Å². The smallest absolute Gasteiger partial charge is 0.322 e. The van der Waals surface area contributed by atoms with Crippen LogP contribution in [-0.4, -0.2) is 54.6 Å². The number of hydrogen-bond donors (Lipinski definition) is 1. The number of amides is 2. The van der Waals surface area contributed by atoms with Crippen LogP contribution in [0.25, 0.3) is 0 Å². The van der Waals surface area contributed by atoms with E-state index < -0.39 is 0 Å². The molecule has 0 radical (unpaired) electrons. The number of hydrogen-bond acceptors (Lipinski definition) is 3. The summed E-state index contributed by atoms with van der Waals surface area (Å²) in [5, 5.41) is 3.13. The third kappa shape index (κ3) is 5.10. The molecule has 4 rings (SSSR count). The molecular weight excluding hydrogens is 360 g/mol. The number of carbonyl (C=O) groups excluding carboxylic acids is 1. The van der Waals surface area contributed by atoms with Crippen LogP contribution in [-0.2, 0) is 6.54 Å². The van der Waals surface area contributed by atoms with Gasteiger partial charge in [0.25, 0.3) is 0 Å². The van der Waals surface area contributed by atoms with Gasteiger partial charge in [-0.25, -0.2) is 4.79 Å². The third-order valence-corrected chi connectivity index (χ3v) is 6.04. The quantitative estimate of drug-likeness (QED) is 0.837. The maximum Gasteiger partial charge on any atom is 0.322 e. The molecule has 2 aromatic carbocycles. The largest absolute Gasteiger partial charge is 0.371 e. The first-order chi connectivity index (χ1) is 14.2. The number of urea groups is 1. The minimum atomic E-state index is 0.00709. The van der Waals surface area contributed by atoms with E-state index in [9.17, 15) is 4.79 Å². The van der Waals surface area contributed by atoms with Crippen molar-refractivity contribution in [2.45, 2.75) is 38.8 Å². The Morgan fingerprint density at radius 3 is 2.52 bits per heavy atom. The lowest BCUT2D eigenvalue weighted by atomic mass is 10.1. The Morgan fingerprint density at radius 2 is 1.76 bits per heavy atom. The third-order valence-electron chi connectivity index (χ3n) is 6.04. The zero-order valence-electron chi connectivity index (χ0n) is 17.4. The van der Waals surface area contributed by atoms with Crippen molar-refractivity contribution in [2.75, 3.05) is 42.9 Å². The van der Waals surface area contributed by atoms with Gasteiger partial charge in [0.05, 0.1) is 0 Å². The minimum Gasteiger partial charge on any atom is -0.371 e. The Bertz CT molecular complexity index is 804. The molecule has 5 nitrogen and oxygen atoms in total. The van der Waals surface area contributed by atoms with Gasteiger partial charge in [-0.1, -0.05) is 36.4 Å². The van der Waals surface area contributed by atoms with Crippen LogP contribution in [0.4, 0.5) is 16.2 Å². The molecular formula is C24H32N4O. The Labute approximate surface area is 174 Å². The minimum absolute atomic E-state index is 0.00709. The second-order valence-corrected chi connectivity index (χ2v) is 8.29.